The molecule has 5 nitrogen and oxygen atoms in total. The van der Waals surface area contributed by atoms with Crippen molar-refractivity contribution in [1.29, 1.82) is 0 Å². The Morgan fingerprint density at radius 1 is 1.07 bits per heavy atom. The normalized spacial score (nSPS) is 42.3. The van der Waals surface area contributed by atoms with Gasteiger partial charge in [0.15, 0.2) is 6.29 Å². The van der Waals surface area contributed by atoms with E-state index in [4.69, 9.17) is 14.2 Å². The van der Waals surface area contributed by atoms with Crippen LogP contribution in [0.5, 0.6) is 0 Å². The minimum Gasteiger partial charge on any atom is -0.459 e. The molecular weight excluding hydrogens is 368 g/mol. The highest BCUT2D eigenvalue weighted by Crippen LogP contribution is 2.75. The molecule has 8 atom stereocenters. The topological polar surface area (TPSA) is 61.8 Å². The lowest BCUT2D eigenvalue weighted by atomic mass is 9.92. The molecule has 2 bridgehead atoms. The molecule has 4 fully saturated rings. The van der Waals surface area contributed by atoms with E-state index in [1.165, 1.54) is 32.6 Å². The van der Waals surface area contributed by atoms with E-state index in [1.807, 2.05) is 0 Å². The van der Waals surface area contributed by atoms with Crippen molar-refractivity contribution in [2.24, 2.45) is 28.6 Å². The summed E-state index contributed by atoms with van der Waals surface area (Å²) in [4.78, 5) is 22.1. The van der Waals surface area contributed by atoms with Gasteiger partial charge < -0.3 is 14.2 Å². The van der Waals surface area contributed by atoms with Gasteiger partial charge in [0.2, 0.25) is 0 Å². The van der Waals surface area contributed by atoms with Crippen LogP contribution in [0.2, 0.25) is 0 Å². The summed E-state index contributed by atoms with van der Waals surface area (Å²) in [7, 11) is 0. The van der Waals surface area contributed by atoms with Gasteiger partial charge in [-0.05, 0) is 75.5 Å². The van der Waals surface area contributed by atoms with Crippen LogP contribution in [0.1, 0.15) is 80.1 Å². The lowest BCUT2D eigenvalue weighted by Crippen LogP contribution is -2.28. The van der Waals surface area contributed by atoms with Crippen LogP contribution >= 0.6 is 0 Å². The Morgan fingerprint density at radius 3 is 2.17 bits per heavy atom. The monoisotopic (exact) mass is 406 g/mol. The molecule has 0 saturated heterocycles. The molecule has 0 aliphatic heterocycles. The maximum atomic E-state index is 11.3. The zero-order valence-electron chi connectivity index (χ0n) is 19.0. The number of ether oxygens (including phenoxy) is 3. The van der Waals surface area contributed by atoms with Crippen molar-refractivity contribution in [3.05, 3.63) is 12.2 Å². The summed E-state index contributed by atoms with van der Waals surface area (Å²) >= 11 is 0. The first-order valence-electron chi connectivity index (χ1n) is 11.2. The highest BCUT2D eigenvalue weighted by Gasteiger charge is 2.72. The molecule has 29 heavy (non-hydrogen) atoms. The van der Waals surface area contributed by atoms with Gasteiger partial charge in [-0.2, -0.15) is 0 Å². The van der Waals surface area contributed by atoms with Crippen LogP contribution in [0.4, 0.5) is 0 Å². The Labute approximate surface area is 175 Å². The van der Waals surface area contributed by atoms with Gasteiger partial charge in [-0.15, -0.1) is 0 Å². The molecule has 0 aromatic heterocycles. The number of hydrogen-bond acceptors (Lipinski definition) is 5. The third kappa shape index (κ3) is 4.40. The summed E-state index contributed by atoms with van der Waals surface area (Å²) in [6, 6.07) is 0. The first-order chi connectivity index (χ1) is 13.5. The summed E-state index contributed by atoms with van der Waals surface area (Å²) < 4.78 is 16.3. The Bertz CT molecular complexity index is 672. The van der Waals surface area contributed by atoms with Crippen LogP contribution in [0.25, 0.3) is 0 Å². The van der Waals surface area contributed by atoms with Crippen LogP contribution in [0.15, 0.2) is 12.2 Å². The van der Waals surface area contributed by atoms with Crippen molar-refractivity contribution in [3.8, 4) is 0 Å². The summed E-state index contributed by atoms with van der Waals surface area (Å²) in [5.41, 5.74) is 1.25. The fourth-order valence-corrected chi connectivity index (χ4v) is 6.05. The van der Waals surface area contributed by atoms with E-state index in [0.717, 1.165) is 18.8 Å². The van der Waals surface area contributed by atoms with Gasteiger partial charge in [0.1, 0.15) is 6.10 Å². The van der Waals surface area contributed by atoms with Gasteiger partial charge in [-0.25, -0.2) is 4.79 Å². The number of carbonyl (C=O) groups excluding carboxylic acids is 2. The molecule has 0 radical (unpaired) electrons. The van der Waals surface area contributed by atoms with Gasteiger partial charge in [-0.3, -0.25) is 4.79 Å². The van der Waals surface area contributed by atoms with Gasteiger partial charge in [0, 0.05) is 17.9 Å². The lowest BCUT2D eigenvalue weighted by Gasteiger charge is -2.24. The highest BCUT2D eigenvalue weighted by molar-refractivity contribution is 5.87. The summed E-state index contributed by atoms with van der Waals surface area (Å²) in [6.45, 7) is 15.4. The third-order valence-corrected chi connectivity index (χ3v) is 8.25. The van der Waals surface area contributed by atoms with Crippen molar-refractivity contribution in [2.45, 2.75) is 98.6 Å². The number of carbonyl (C=O) groups is 2. The predicted molar refractivity (Wildman–Crippen MR) is 111 cm³/mol. The predicted octanol–water partition coefficient (Wildman–Crippen LogP) is 5.03. The molecule has 0 N–H and O–H groups in total. The zero-order valence-corrected chi connectivity index (χ0v) is 19.0. The van der Waals surface area contributed by atoms with Gasteiger partial charge in [0.05, 0.1) is 6.10 Å². The minimum absolute atomic E-state index is 0.197. The standard InChI is InChI=1S/C13H22O3.C11H16O2/c1-8-6-11(13(5)7-12(8,13)4)16-10(3)15-9(2)14;1-7(2)11(12)13-10-6-8-3-4-9(10)5-8/h8,10-11H,6-7H2,1-5H3;8-10H,1,3-6H2,2H3. The van der Waals surface area contributed by atoms with Gasteiger partial charge in [-0.1, -0.05) is 27.4 Å². The van der Waals surface area contributed by atoms with Crippen molar-refractivity contribution in [1.82, 2.24) is 0 Å². The molecule has 164 valence electrons. The van der Waals surface area contributed by atoms with E-state index in [-0.39, 0.29) is 24.1 Å². The molecule has 0 heterocycles. The van der Waals surface area contributed by atoms with E-state index in [9.17, 15) is 9.59 Å². The molecule has 4 rings (SSSR count). The average molecular weight is 407 g/mol. The first-order valence-corrected chi connectivity index (χ1v) is 11.2. The van der Waals surface area contributed by atoms with E-state index in [0.29, 0.717) is 28.2 Å². The van der Waals surface area contributed by atoms with E-state index < -0.39 is 6.29 Å². The zero-order chi connectivity index (χ0) is 21.6. The average Bonchev–Trinajstić information content (AvgIpc) is 2.97. The molecule has 4 saturated carbocycles. The minimum atomic E-state index is -0.422. The van der Waals surface area contributed by atoms with Crippen molar-refractivity contribution in [2.75, 3.05) is 0 Å². The van der Waals surface area contributed by atoms with Crippen molar-refractivity contribution in [3.63, 3.8) is 0 Å². The highest BCUT2D eigenvalue weighted by atomic mass is 16.7. The molecule has 8 unspecified atom stereocenters. The van der Waals surface area contributed by atoms with Crippen molar-refractivity contribution < 1.29 is 23.8 Å². The molecule has 0 aromatic carbocycles. The number of hydrogen-bond donors (Lipinski definition) is 0. The number of esters is 2. The quantitative estimate of drug-likeness (QED) is 0.364. The molecule has 4 aliphatic carbocycles. The lowest BCUT2D eigenvalue weighted by molar-refractivity contribution is -0.188. The molecule has 0 aromatic rings. The van der Waals surface area contributed by atoms with Crippen LogP contribution in [0, 0.1) is 28.6 Å². The summed E-state index contributed by atoms with van der Waals surface area (Å²) in [6.07, 6.45) is 7.28. The van der Waals surface area contributed by atoms with E-state index in [2.05, 4.69) is 27.4 Å². The Kier molecular flexibility index (Phi) is 6.20. The fraction of sp³-hybridized carbons (Fsp3) is 0.833. The third-order valence-electron chi connectivity index (χ3n) is 8.25. The summed E-state index contributed by atoms with van der Waals surface area (Å²) in [5.74, 6) is 1.69. The second-order valence-corrected chi connectivity index (χ2v) is 10.3. The van der Waals surface area contributed by atoms with Crippen LogP contribution in [-0.4, -0.2) is 30.4 Å². The summed E-state index contributed by atoms with van der Waals surface area (Å²) in [5, 5.41) is 0. The second-order valence-electron chi connectivity index (χ2n) is 10.3. The second kappa shape index (κ2) is 8.05. The Balaban J connectivity index is 0.000000169. The number of rotatable bonds is 5. The molecule has 0 spiro atoms. The maximum Gasteiger partial charge on any atom is 0.333 e. The van der Waals surface area contributed by atoms with Crippen LogP contribution in [-0.2, 0) is 23.8 Å². The molecule has 5 heteroatoms. The first kappa shape index (κ1) is 22.3. The van der Waals surface area contributed by atoms with Gasteiger partial charge >= 0.3 is 11.9 Å². The van der Waals surface area contributed by atoms with E-state index in [1.54, 1.807) is 13.8 Å². The fourth-order valence-electron chi connectivity index (χ4n) is 6.05. The van der Waals surface area contributed by atoms with Crippen LogP contribution < -0.4 is 0 Å². The smallest absolute Gasteiger partial charge is 0.333 e. The van der Waals surface area contributed by atoms with Crippen LogP contribution in [0.3, 0.4) is 0 Å². The SMILES string of the molecule is C=C(C)C(=O)OC1CC2CCC1C2.CC(=O)OC(C)OC1CC(C)C2(C)CC12C. The van der Waals surface area contributed by atoms with Crippen molar-refractivity contribution >= 4 is 11.9 Å². The largest absolute Gasteiger partial charge is 0.459 e. The Morgan fingerprint density at radius 2 is 1.76 bits per heavy atom. The maximum absolute atomic E-state index is 11.3. The van der Waals surface area contributed by atoms with E-state index >= 15 is 0 Å². The van der Waals surface area contributed by atoms with Gasteiger partial charge in [0.25, 0.3) is 0 Å². The number of fused-ring (bicyclic) bond motifs is 3. The molecular formula is C24H38O5. The Hall–Kier alpha value is -1.36. The molecule has 0 amide bonds. The molecule has 4 aliphatic rings.